The van der Waals surface area contributed by atoms with E-state index in [1.165, 1.54) is 22.7 Å². The Kier molecular flexibility index (Phi) is 7.20. The highest BCUT2D eigenvalue weighted by atomic mass is 16.7. The number of Topliss-reactive ketones (excluding diaryl/α,β-unsaturated/α-hetero) is 1. The molecule has 0 fully saturated rings. The second-order valence-corrected chi connectivity index (χ2v) is 10.2. The molecule has 5 rings (SSSR count). The Labute approximate surface area is 231 Å². The molecule has 1 N–H and O–H groups in total. The molecule has 0 bridgehead atoms. The fraction of sp³-hybridized carbons (Fsp3) is 0.310. The maximum atomic E-state index is 14.3. The molecule has 1 aliphatic heterocycles. The van der Waals surface area contributed by atoms with Crippen molar-refractivity contribution in [2.24, 2.45) is 0 Å². The van der Waals surface area contributed by atoms with Crippen LogP contribution < -0.4 is 19.7 Å². The van der Waals surface area contributed by atoms with E-state index in [-0.39, 0.29) is 30.4 Å². The highest BCUT2D eigenvalue weighted by molar-refractivity contribution is 6.08. The van der Waals surface area contributed by atoms with Crippen molar-refractivity contribution in [3.63, 3.8) is 0 Å². The molecule has 40 heavy (non-hydrogen) atoms. The molecule has 0 spiro atoms. The number of hydrogen-bond donors (Lipinski definition) is 1. The van der Waals surface area contributed by atoms with Crippen LogP contribution in [0.2, 0.25) is 0 Å². The summed E-state index contributed by atoms with van der Waals surface area (Å²) in [5.41, 5.74) is 1.60. The van der Waals surface area contributed by atoms with Crippen molar-refractivity contribution >= 4 is 34.3 Å². The van der Waals surface area contributed by atoms with E-state index in [9.17, 15) is 14.4 Å². The van der Waals surface area contributed by atoms with Crippen LogP contribution in [0.1, 0.15) is 56.1 Å². The lowest BCUT2D eigenvalue weighted by Gasteiger charge is -2.35. The van der Waals surface area contributed by atoms with Crippen molar-refractivity contribution in [3.8, 4) is 11.5 Å². The Balaban J connectivity index is 1.69. The van der Waals surface area contributed by atoms with Gasteiger partial charge in [-0.1, -0.05) is 30.3 Å². The van der Waals surface area contributed by atoms with E-state index in [0.29, 0.717) is 34.5 Å². The van der Waals surface area contributed by atoms with E-state index >= 15 is 0 Å². The van der Waals surface area contributed by atoms with Crippen LogP contribution in [0, 0.1) is 0 Å². The molecule has 1 aliphatic rings. The van der Waals surface area contributed by atoms with E-state index in [1.807, 2.05) is 39.0 Å². The van der Waals surface area contributed by atoms with Crippen LogP contribution in [0.3, 0.4) is 0 Å². The topological polar surface area (TPSA) is 129 Å². The Bertz CT molecular complexity index is 1580. The van der Waals surface area contributed by atoms with E-state index in [0.717, 1.165) is 0 Å². The molecule has 0 saturated heterocycles. The fourth-order valence-electron chi connectivity index (χ4n) is 4.51. The molecule has 0 radical (unpaired) electrons. The number of rotatable bonds is 9. The first kappa shape index (κ1) is 26.8. The second kappa shape index (κ2) is 10.8. The number of benzene rings is 2. The number of nitrogens with zero attached hydrogens (tertiary/aromatic N) is 5. The number of para-hydroxylation sites is 1. The maximum Gasteiger partial charge on any atom is 0.249 e. The zero-order valence-corrected chi connectivity index (χ0v) is 22.7. The van der Waals surface area contributed by atoms with E-state index in [4.69, 9.17) is 9.47 Å². The molecule has 1 atom stereocenters. The van der Waals surface area contributed by atoms with E-state index < -0.39 is 23.4 Å². The molecule has 4 aromatic rings. The van der Waals surface area contributed by atoms with Gasteiger partial charge in [-0.3, -0.25) is 24.3 Å². The lowest BCUT2D eigenvalue weighted by atomic mass is 9.98. The predicted octanol–water partition coefficient (Wildman–Crippen LogP) is 3.84. The summed E-state index contributed by atoms with van der Waals surface area (Å²) in [5.74, 6) is -0.475. The van der Waals surface area contributed by atoms with Crippen LogP contribution in [-0.4, -0.2) is 49.9 Å². The van der Waals surface area contributed by atoms with Gasteiger partial charge in [0, 0.05) is 35.1 Å². The summed E-state index contributed by atoms with van der Waals surface area (Å²) in [6.45, 7) is 6.90. The predicted molar refractivity (Wildman–Crippen MR) is 147 cm³/mol. The Morgan fingerprint density at radius 3 is 2.55 bits per heavy atom. The molecule has 11 heteroatoms. The minimum Gasteiger partial charge on any atom is -0.454 e. The number of carbonyl (C=O) groups is 3. The highest BCUT2D eigenvalue weighted by Gasteiger charge is 2.38. The molecule has 2 aromatic heterocycles. The summed E-state index contributed by atoms with van der Waals surface area (Å²) < 4.78 is 12.6. The molecule has 1 unspecified atom stereocenters. The van der Waals surface area contributed by atoms with Gasteiger partial charge in [0.25, 0.3) is 0 Å². The summed E-state index contributed by atoms with van der Waals surface area (Å²) in [6, 6.07) is 12.6. The van der Waals surface area contributed by atoms with Gasteiger partial charge in [-0.15, -0.1) is 5.10 Å². The van der Waals surface area contributed by atoms with Crippen molar-refractivity contribution in [2.45, 2.75) is 52.2 Å². The smallest absolute Gasteiger partial charge is 0.249 e. The van der Waals surface area contributed by atoms with Crippen molar-refractivity contribution in [2.75, 3.05) is 11.7 Å². The number of pyridine rings is 1. The van der Waals surface area contributed by atoms with Crippen LogP contribution in [0.15, 0.2) is 60.9 Å². The van der Waals surface area contributed by atoms with Gasteiger partial charge in [0.2, 0.25) is 18.6 Å². The average Bonchev–Trinajstić information content (AvgIpc) is 3.57. The number of hydrogen-bond acceptors (Lipinski definition) is 8. The molecule has 3 heterocycles. The Hall–Kier alpha value is -4.80. The van der Waals surface area contributed by atoms with Crippen molar-refractivity contribution in [1.29, 1.82) is 0 Å². The summed E-state index contributed by atoms with van der Waals surface area (Å²) >= 11 is 0. The summed E-state index contributed by atoms with van der Waals surface area (Å²) in [5, 5.41) is 11.4. The third-order valence-corrected chi connectivity index (χ3v) is 6.96. The Morgan fingerprint density at radius 2 is 1.85 bits per heavy atom. The van der Waals surface area contributed by atoms with Crippen LogP contribution in [0.25, 0.3) is 11.0 Å². The van der Waals surface area contributed by atoms with Crippen LogP contribution >= 0.6 is 0 Å². The molecular formula is C29H30N6O5. The van der Waals surface area contributed by atoms with E-state index in [1.54, 1.807) is 36.5 Å². The van der Waals surface area contributed by atoms with Crippen molar-refractivity contribution < 1.29 is 23.9 Å². The zero-order valence-electron chi connectivity index (χ0n) is 22.7. The van der Waals surface area contributed by atoms with Gasteiger partial charge in [-0.25, -0.2) is 4.68 Å². The van der Waals surface area contributed by atoms with Gasteiger partial charge in [0.1, 0.15) is 18.1 Å². The first-order valence-electron chi connectivity index (χ1n) is 13.0. The third-order valence-electron chi connectivity index (χ3n) is 6.96. The van der Waals surface area contributed by atoms with Gasteiger partial charge >= 0.3 is 0 Å². The molecule has 2 amide bonds. The van der Waals surface area contributed by atoms with Crippen LogP contribution in [0.5, 0.6) is 11.5 Å². The monoisotopic (exact) mass is 542 g/mol. The molecule has 11 nitrogen and oxygen atoms in total. The summed E-state index contributed by atoms with van der Waals surface area (Å²) in [6.07, 6.45) is 3.78. The van der Waals surface area contributed by atoms with Crippen molar-refractivity contribution in [1.82, 2.24) is 25.3 Å². The maximum absolute atomic E-state index is 14.3. The van der Waals surface area contributed by atoms with Crippen LogP contribution in [0.4, 0.5) is 5.69 Å². The van der Waals surface area contributed by atoms with Crippen molar-refractivity contribution in [3.05, 3.63) is 72.1 Å². The van der Waals surface area contributed by atoms with Gasteiger partial charge in [0.05, 0.1) is 11.2 Å². The normalized spacial score (nSPS) is 13.2. The second-order valence-electron chi connectivity index (χ2n) is 10.2. The number of aromatic nitrogens is 4. The lowest BCUT2D eigenvalue weighted by molar-refractivity contribution is -0.128. The SMILES string of the molecule is CCC(C)(C)NC(=O)C(c1cccnc1)N(C(=O)Cn1nnc2ccccc21)c1cc2c(cc1C(C)=O)OCO2. The third kappa shape index (κ3) is 5.22. The first-order chi connectivity index (χ1) is 19.2. The Morgan fingerprint density at radius 1 is 1.10 bits per heavy atom. The number of ether oxygens (including phenoxy) is 2. The lowest BCUT2D eigenvalue weighted by Crippen LogP contribution is -2.51. The number of nitrogens with one attached hydrogen (secondary N) is 1. The average molecular weight is 543 g/mol. The molecule has 206 valence electrons. The quantitative estimate of drug-likeness (QED) is 0.316. The van der Waals surface area contributed by atoms with Gasteiger partial charge in [0.15, 0.2) is 17.3 Å². The number of amides is 2. The van der Waals surface area contributed by atoms with Gasteiger partial charge < -0.3 is 14.8 Å². The molecule has 0 saturated carbocycles. The van der Waals surface area contributed by atoms with E-state index in [2.05, 4.69) is 20.6 Å². The number of ketones is 1. The summed E-state index contributed by atoms with van der Waals surface area (Å²) in [4.78, 5) is 46.9. The van der Waals surface area contributed by atoms with Crippen LogP contribution in [-0.2, 0) is 16.1 Å². The summed E-state index contributed by atoms with van der Waals surface area (Å²) in [7, 11) is 0. The minimum absolute atomic E-state index is 0.0216. The molecule has 0 aliphatic carbocycles. The largest absolute Gasteiger partial charge is 0.454 e. The highest BCUT2D eigenvalue weighted by Crippen LogP contribution is 2.41. The number of fused-ring (bicyclic) bond motifs is 2. The van der Waals surface area contributed by atoms with Gasteiger partial charge in [-0.05, 0) is 51.5 Å². The standard InChI is InChI=1S/C29H30N6O5/c1-5-29(3,4)31-28(38)27(19-9-8-12-30-15-19)35(23-14-25-24(39-17-40-25)13-20(23)18(2)36)26(37)16-34-22-11-7-6-10-21(22)32-33-34/h6-15,27H,5,16-17H2,1-4H3,(H,31,38). The molecular weight excluding hydrogens is 512 g/mol. The minimum atomic E-state index is -1.17. The van der Waals surface area contributed by atoms with Gasteiger partial charge in [-0.2, -0.15) is 0 Å². The molecule has 2 aromatic carbocycles. The number of anilines is 1. The number of carbonyl (C=O) groups excluding carboxylic acids is 3. The first-order valence-corrected chi connectivity index (χ1v) is 13.0. The fourth-order valence-corrected chi connectivity index (χ4v) is 4.51. The zero-order chi connectivity index (χ0) is 28.4.